The Labute approximate surface area is 875 Å². The largest absolute Gasteiger partial charge is 0.491 e. The van der Waals surface area contributed by atoms with Gasteiger partial charge < -0.3 is 83.1 Å². The van der Waals surface area contributed by atoms with Crippen molar-refractivity contribution >= 4 is 102 Å². The number of rotatable bonds is 33. The maximum absolute atomic E-state index is 13.6. The Morgan fingerprint density at radius 2 is 0.779 bits per heavy atom. The predicted octanol–water partition coefficient (Wildman–Crippen LogP) is 21.6. The lowest BCUT2D eigenvalue weighted by molar-refractivity contribution is -0.160. The number of hydrogen-bond donors (Lipinski definition) is 6. The average Bonchev–Trinajstić information content (AvgIpc) is 1.61. The highest BCUT2D eigenvalue weighted by molar-refractivity contribution is 7.94. The second-order valence-electron chi connectivity index (χ2n) is 38.7. The van der Waals surface area contributed by atoms with Gasteiger partial charge in [-0.1, -0.05) is 109 Å². The summed E-state index contributed by atoms with van der Waals surface area (Å²) in [5.74, 6) is -5.05. The summed E-state index contributed by atoms with van der Waals surface area (Å²) in [6.45, 7) is 18.3. The Balaban J connectivity index is 0.000000137. The van der Waals surface area contributed by atoms with Gasteiger partial charge in [0.15, 0.2) is 0 Å². The fraction of sp³-hybridized carbons (Fsp3) is 0.376. The number of para-hydroxylation sites is 1. The van der Waals surface area contributed by atoms with Gasteiger partial charge in [-0.25, -0.2) is 32.0 Å². The van der Waals surface area contributed by atoms with E-state index in [0.717, 1.165) is 226 Å². The third-order valence-electron chi connectivity index (χ3n) is 28.9. The number of ether oxygens (including phenoxy) is 1. The van der Waals surface area contributed by atoms with E-state index in [4.69, 9.17) is 55.6 Å². The Kier molecular flexibility index (Phi) is 41.4. The Morgan fingerprint density at radius 1 is 0.403 bits per heavy atom. The van der Waals surface area contributed by atoms with Gasteiger partial charge >= 0.3 is 11.9 Å². The molecule has 0 spiro atoms. The van der Waals surface area contributed by atoms with Crippen molar-refractivity contribution in [1.29, 1.82) is 0 Å². The summed E-state index contributed by atoms with van der Waals surface area (Å²) in [6, 6.07) is 74.6. The molecule has 15 aromatic rings. The van der Waals surface area contributed by atoms with E-state index < -0.39 is 23.8 Å². The van der Waals surface area contributed by atoms with E-state index in [1.165, 1.54) is 140 Å². The molecule has 9 aromatic carbocycles. The number of piperidine rings is 5. The number of aliphatic hydroxyl groups excluding tert-OH is 2. The first-order valence-corrected chi connectivity index (χ1v) is 52.8. The number of carboxylic acid groups (broad SMARTS) is 2. The van der Waals surface area contributed by atoms with Crippen LogP contribution < -0.4 is 15.4 Å². The topological polar surface area (TPSA) is 255 Å². The zero-order valence-corrected chi connectivity index (χ0v) is 86.1. The van der Waals surface area contributed by atoms with Crippen molar-refractivity contribution < 1.29 is 79.9 Å². The number of carbonyl (C=O) groups excluding carboxylic acids is 2. The number of benzene rings is 9. The average molecular weight is 2080 g/mol. The van der Waals surface area contributed by atoms with Crippen molar-refractivity contribution in [1.82, 2.24) is 63.0 Å². The Morgan fingerprint density at radius 3 is 1.20 bits per heavy atom. The minimum absolute atomic E-state index is 0.0232. The van der Waals surface area contributed by atoms with Gasteiger partial charge in [-0.2, -0.15) is 18.1 Å². The number of pyridine rings is 1. The molecule has 5 aliphatic rings. The van der Waals surface area contributed by atoms with Crippen LogP contribution in [0.25, 0.3) is 54.5 Å². The molecule has 0 unspecified atom stereocenters. The minimum Gasteiger partial charge on any atom is -0.491 e. The maximum Gasteiger partial charge on any atom is 0.414 e. The smallest absolute Gasteiger partial charge is 0.414 e. The Bertz CT molecular complexity index is 6630. The van der Waals surface area contributed by atoms with Crippen molar-refractivity contribution in [2.75, 3.05) is 125 Å². The molecule has 6 N–H and O–H groups in total. The second kappa shape index (κ2) is 55.8. The summed E-state index contributed by atoms with van der Waals surface area (Å²) >= 11 is 7.74. The third-order valence-corrected chi connectivity index (χ3v) is 29.8. The van der Waals surface area contributed by atoms with E-state index in [1.807, 2.05) is 72.9 Å². The van der Waals surface area contributed by atoms with Crippen LogP contribution in [0.4, 0.5) is 26.3 Å². The van der Waals surface area contributed by atoms with E-state index in [2.05, 4.69) is 191 Å². The number of amides is 2. The van der Waals surface area contributed by atoms with Gasteiger partial charge in [0.05, 0.1) is 41.8 Å². The van der Waals surface area contributed by atoms with E-state index in [-0.39, 0.29) is 48.3 Å². The van der Waals surface area contributed by atoms with E-state index in [0.29, 0.717) is 74.7 Å². The Hall–Kier alpha value is -12.6. The van der Waals surface area contributed by atoms with Crippen LogP contribution in [-0.2, 0) is 73.6 Å². The number of carbonyl (C=O) groups is 4. The highest BCUT2D eigenvalue weighted by atomic mass is 35.5. The molecule has 0 bridgehead atoms. The lowest BCUT2D eigenvalue weighted by Gasteiger charge is -2.33. The van der Waals surface area contributed by atoms with Crippen LogP contribution in [0, 0.1) is 35.2 Å². The zero-order chi connectivity index (χ0) is 104. The molecule has 24 nitrogen and oxygen atoms in total. The lowest BCUT2D eigenvalue weighted by Crippen LogP contribution is -2.36. The maximum atomic E-state index is 13.6. The quantitative estimate of drug-likeness (QED) is 0.00558. The molecule has 0 aliphatic carbocycles. The number of likely N-dealkylation sites (tertiary alicyclic amines) is 5. The van der Waals surface area contributed by atoms with Crippen LogP contribution in [0.15, 0.2) is 266 Å². The van der Waals surface area contributed by atoms with Crippen LogP contribution in [-0.4, -0.2) is 222 Å². The third kappa shape index (κ3) is 32.5. The molecule has 0 radical (unpaired) electrons. The molecule has 2 amide bonds. The molecule has 0 atom stereocenters. The number of nitrogens with one attached hydrogen (secondary N) is 2. The monoisotopic (exact) mass is 2080 g/mol. The van der Waals surface area contributed by atoms with Gasteiger partial charge in [0, 0.05) is 231 Å². The molecule has 20 rings (SSSR count). The zero-order valence-electron chi connectivity index (χ0n) is 84.5. The number of nitrogens with zero attached hydrogens (tertiary/aromatic N) is 11. The van der Waals surface area contributed by atoms with Crippen LogP contribution in [0.5, 0.6) is 5.75 Å². The highest BCUT2D eigenvalue weighted by Gasteiger charge is 2.29. The summed E-state index contributed by atoms with van der Waals surface area (Å²) < 4.78 is 101. The molecule has 5 aliphatic heterocycles. The number of fused-ring (bicyclic) bond motifs is 5. The molecule has 149 heavy (non-hydrogen) atoms. The van der Waals surface area contributed by atoms with Gasteiger partial charge in [0.1, 0.15) is 35.6 Å². The molecule has 32 heteroatoms. The highest BCUT2D eigenvalue weighted by Crippen LogP contribution is 2.38. The molecule has 11 heterocycles. The summed E-state index contributed by atoms with van der Waals surface area (Å²) in [7, 11) is 1.51. The van der Waals surface area contributed by atoms with Crippen LogP contribution in [0.1, 0.15) is 153 Å². The normalized spacial score (nSPS) is 15.5. The first-order valence-electron chi connectivity index (χ1n) is 51.7. The fourth-order valence-corrected chi connectivity index (χ4v) is 21.2. The summed E-state index contributed by atoms with van der Waals surface area (Å²) in [5.41, 5.74) is 13.5. The first kappa shape index (κ1) is 111. The number of carboxylic acids is 2. The van der Waals surface area contributed by atoms with Gasteiger partial charge in [-0.05, 0) is 285 Å². The molecule has 0 saturated carbocycles. The number of halogens is 7. The summed E-state index contributed by atoms with van der Waals surface area (Å²) in [5, 5.41) is 45.2. The first-order chi connectivity index (χ1) is 72.4. The van der Waals surface area contributed by atoms with Crippen LogP contribution in [0.2, 0.25) is 5.02 Å². The number of aromatic nitrogens is 6. The molecular formula is C117H134ClF6N13O11S. The fourth-order valence-electron chi connectivity index (χ4n) is 20.5. The van der Waals surface area contributed by atoms with E-state index in [1.54, 1.807) is 12.1 Å². The van der Waals surface area contributed by atoms with Crippen molar-refractivity contribution in [3.05, 3.63) is 341 Å². The molecule has 5 fully saturated rings. The summed E-state index contributed by atoms with van der Waals surface area (Å²) in [4.78, 5) is 62.6. The number of hydrogen-bond acceptors (Lipinski definition) is 16. The van der Waals surface area contributed by atoms with E-state index in [9.17, 15) is 35.9 Å². The minimum atomic E-state index is -1.82. The SMILES string of the molecule is CC(=O)NCc1ccc2c(Cl)cn(C3CCN(CCc4ccc(F)cc4)CC3)c2c1.COOSc1ccc2ccn(C3CCN(CCc4ccc(F)cc4)CC3)c2c1.Fc1ccc(CCN2CCC(n3ccc4ccccc43)CC2)c(F)n1.O=C(CCCO)NCc1ccc2ccn(C3CCN(CCc4ccc(F)cc4)CC3)c2c1.O=C(O)C(=O)O.OCCOc1ccc2ccn(C3CCN(CCc4ccc(F)cc4)CC3)c2c1. The van der Waals surface area contributed by atoms with E-state index >= 15 is 0 Å². The molecule has 5 saturated heterocycles. The van der Waals surface area contributed by atoms with Crippen LogP contribution in [0.3, 0.4) is 0 Å². The van der Waals surface area contributed by atoms with Crippen molar-refractivity contribution in [3.63, 3.8) is 0 Å². The number of aliphatic carboxylic acids is 2. The number of aliphatic hydroxyl groups is 2. The van der Waals surface area contributed by atoms with Gasteiger partial charge in [-0.3, -0.25) is 9.59 Å². The second-order valence-corrected chi connectivity index (χ2v) is 39.9. The lowest BCUT2D eigenvalue weighted by atomic mass is 10.0. The van der Waals surface area contributed by atoms with Gasteiger partial charge in [0.2, 0.25) is 23.7 Å². The molecule has 6 aromatic heterocycles. The molecule has 788 valence electrons. The van der Waals surface area contributed by atoms with Crippen molar-refractivity contribution in [2.45, 2.75) is 164 Å². The van der Waals surface area contributed by atoms with Crippen molar-refractivity contribution in [2.24, 2.45) is 0 Å². The molecular weight excluding hydrogens is 1940 g/mol. The van der Waals surface area contributed by atoms with Crippen molar-refractivity contribution in [3.8, 4) is 5.75 Å². The van der Waals surface area contributed by atoms with Crippen LogP contribution >= 0.6 is 23.6 Å². The standard InChI is InChI=1S/C26H32FN3O2.C24H27ClFN3O.C23H27FN2O2.C22H25FN2O2S.C20H21F2N3.C2H2O4/c27-23-7-4-20(5-8-23)9-13-29-14-11-24(12-15-29)30-16-10-22-6-3-21(18-25(22)30)19-28-26(32)2-1-17-31;1-17(30)27-15-19-4-7-22-23(25)16-29(24(22)14-19)21-9-12-28(13-10-21)11-8-18-2-5-20(26)6-3-18;24-20-4-1-18(2-5-20)7-11-25-12-9-21(10-13-25)26-14-8-19-3-6-22(17-23(19)26)28-16-15-27;1-26-27-28-21-7-4-18-9-15-25(22(18)16-21)20-10-13-24(14-11-20)12-8-17-2-5-19(23)6-3-17;21-19-6-5-16(20(22)23-19)7-11-24-12-9-17(10-13-24)25-14-8-15-3-1-2-4-18(15)25;3-1(4)2(5)6/h3-8,10,16,18,24,31H,1-2,9,11-15,17,19H2,(H,28,32);2-7,14,16,21H,8-13,15H2,1H3,(H,27,30);1-6,8,14,17,21,27H,7,9-13,15-16H2;2-7,9,15-16,20H,8,10-14H2,1H3;1-6,8,14,17H,7,9-13H2;(H,3,4)(H,5,6). The van der Waals surface area contributed by atoms with Gasteiger partial charge in [0.25, 0.3) is 0 Å². The summed E-state index contributed by atoms with van der Waals surface area (Å²) in [6.07, 6.45) is 27.1. The predicted molar refractivity (Wildman–Crippen MR) is 574 cm³/mol. The van der Waals surface area contributed by atoms with Gasteiger partial charge in [-0.15, -0.1) is 0 Å².